The molecule has 0 aliphatic heterocycles. The Labute approximate surface area is 105 Å². The van der Waals surface area contributed by atoms with Gasteiger partial charge in [-0.3, -0.25) is 4.79 Å². The largest absolute Gasteiger partial charge is 0.506 e. The molecule has 1 aromatic rings. The van der Waals surface area contributed by atoms with E-state index in [1.54, 1.807) is 0 Å². The molecule has 5 heteroatoms. The van der Waals surface area contributed by atoms with Gasteiger partial charge in [0.1, 0.15) is 5.75 Å². The van der Waals surface area contributed by atoms with Crippen LogP contribution in [-0.2, 0) is 0 Å². The number of benzene rings is 1. The molecule has 1 unspecified atom stereocenters. The monoisotopic (exact) mass is 257 g/mol. The Kier molecular flexibility index (Phi) is 5.25. The second-order valence-corrected chi connectivity index (χ2v) is 4.16. The van der Waals surface area contributed by atoms with Gasteiger partial charge in [-0.1, -0.05) is 18.5 Å². The second kappa shape index (κ2) is 6.47. The summed E-state index contributed by atoms with van der Waals surface area (Å²) in [7, 11) is 0. The molecule has 1 aromatic carbocycles. The summed E-state index contributed by atoms with van der Waals surface area (Å²) in [4.78, 5) is 11.8. The maximum absolute atomic E-state index is 11.8. The summed E-state index contributed by atoms with van der Waals surface area (Å²) < 4.78 is 0. The van der Waals surface area contributed by atoms with E-state index < -0.39 is 0 Å². The Hall–Kier alpha value is -1.26. The molecular formula is C12H16ClNO3. The number of nitrogens with one attached hydrogen (secondary N) is 1. The van der Waals surface area contributed by atoms with E-state index in [2.05, 4.69) is 5.32 Å². The van der Waals surface area contributed by atoms with Crippen molar-refractivity contribution in [1.29, 1.82) is 0 Å². The lowest BCUT2D eigenvalue weighted by Crippen LogP contribution is -2.35. The normalized spacial score (nSPS) is 12.2. The van der Waals surface area contributed by atoms with Gasteiger partial charge in [0, 0.05) is 18.2 Å². The number of aromatic hydroxyl groups is 1. The minimum Gasteiger partial charge on any atom is -0.506 e. The lowest BCUT2D eigenvalue weighted by atomic mass is 10.1. The van der Waals surface area contributed by atoms with Gasteiger partial charge in [-0.15, -0.1) is 0 Å². The Bertz CT molecular complexity index is 395. The van der Waals surface area contributed by atoms with Gasteiger partial charge in [0.05, 0.1) is 5.02 Å². The molecule has 0 aromatic heterocycles. The average molecular weight is 258 g/mol. The van der Waals surface area contributed by atoms with Crippen LogP contribution < -0.4 is 5.32 Å². The third-order valence-corrected chi connectivity index (χ3v) is 2.82. The van der Waals surface area contributed by atoms with Gasteiger partial charge in [-0.2, -0.15) is 0 Å². The minimum atomic E-state index is -0.257. The first kappa shape index (κ1) is 13.8. The third kappa shape index (κ3) is 3.91. The van der Waals surface area contributed by atoms with Crippen LogP contribution >= 0.6 is 11.6 Å². The van der Waals surface area contributed by atoms with Gasteiger partial charge in [0.25, 0.3) is 5.91 Å². The van der Waals surface area contributed by atoms with Crippen LogP contribution in [0.25, 0.3) is 0 Å². The summed E-state index contributed by atoms with van der Waals surface area (Å²) >= 11 is 5.72. The molecule has 17 heavy (non-hydrogen) atoms. The molecule has 1 amide bonds. The van der Waals surface area contributed by atoms with E-state index in [0.717, 1.165) is 6.42 Å². The first-order valence-corrected chi connectivity index (χ1v) is 5.86. The van der Waals surface area contributed by atoms with Gasteiger partial charge in [0.15, 0.2) is 0 Å². The number of carbonyl (C=O) groups excluding carboxylic acids is 1. The van der Waals surface area contributed by atoms with E-state index in [1.807, 2.05) is 6.92 Å². The molecule has 0 fully saturated rings. The molecule has 0 spiro atoms. The molecule has 0 saturated carbocycles. The van der Waals surface area contributed by atoms with Crippen LogP contribution in [0.3, 0.4) is 0 Å². The van der Waals surface area contributed by atoms with Crippen molar-refractivity contribution in [3.05, 3.63) is 28.8 Å². The van der Waals surface area contributed by atoms with Crippen LogP contribution in [0.2, 0.25) is 5.02 Å². The predicted octanol–water partition coefficient (Wildman–Crippen LogP) is 1.94. The van der Waals surface area contributed by atoms with E-state index >= 15 is 0 Å². The zero-order chi connectivity index (χ0) is 12.8. The number of rotatable bonds is 5. The molecule has 3 N–H and O–H groups in total. The topological polar surface area (TPSA) is 69.6 Å². The van der Waals surface area contributed by atoms with Crippen molar-refractivity contribution >= 4 is 17.5 Å². The number of aliphatic hydroxyl groups excluding tert-OH is 1. The van der Waals surface area contributed by atoms with Crippen LogP contribution in [0.15, 0.2) is 18.2 Å². The lowest BCUT2D eigenvalue weighted by Gasteiger charge is -2.15. The van der Waals surface area contributed by atoms with Crippen molar-refractivity contribution in [3.8, 4) is 5.75 Å². The van der Waals surface area contributed by atoms with E-state index in [1.165, 1.54) is 18.2 Å². The standard InChI is InChI=1S/C12H16ClNO3/c1-2-9(5-6-15)14-12(17)8-3-4-11(16)10(13)7-8/h3-4,7,9,15-16H,2,5-6H2,1H3,(H,14,17). The van der Waals surface area contributed by atoms with E-state index in [9.17, 15) is 9.90 Å². The molecule has 1 atom stereocenters. The number of hydrogen-bond donors (Lipinski definition) is 3. The number of phenolic OH excluding ortho intramolecular Hbond substituents is 1. The number of hydrogen-bond acceptors (Lipinski definition) is 3. The van der Waals surface area contributed by atoms with Gasteiger partial charge in [-0.25, -0.2) is 0 Å². The molecule has 94 valence electrons. The fourth-order valence-electron chi connectivity index (χ4n) is 1.45. The fraction of sp³-hybridized carbons (Fsp3) is 0.417. The summed E-state index contributed by atoms with van der Waals surface area (Å²) in [5.41, 5.74) is 0.393. The predicted molar refractivity (Wildman–Crippen MR) is 66.4 cm³/mol. The van der Waals surface area contributed by atoms with E-state index in [-0.39, 0.29) is 29.3 Å². The quantitative estimate of drug-likeness (QED) is 0.755. The highest BCUT2D eigenvalue weighted by Gasteiger charge is 2.12. The summed E-state index contributed by atoms with van der Waals surface area (Å²) in [5.74, 6) is -0.308. The smallest absolute Gasteiger partial charge is 0.251 e. The van der Waals surface area contributed by atoms with Crippen molar-refractivity contribution in [2.45, 2.75) is 25.8 Å². The fourth-order valence-corrected chi connectivity index (χ4v) is 1.63. The van der Waals surface area contributed by atoms with E-state index in [4.69, 9.17) is 16.7 Å². The number of aliphatic hydroxyl groups is 1. The molecule has 0 radical (unpaired) electrons. The number of carbonyl (C=O) groups is 1. The van der Waals surface area contributed by atoms with Crippen molar-refractivity contribution in [2.75, 3.05) is 6.61 Å². The lowest BCUT2D eigenvalue weighted by molar-refractivity contribution is 0.0929. The molecule has 0 saturated heterocycles. The highest BCUT2D eigenvalue weighted by molar-refractivity contribution is 6.32. The first-order chi connectivity index (χ1) is 8.08. The summed E-state index contributed by atoms with van der Waals surface area (Å²) in [5, 5.41) is 21.0. The molecule has 0 bridgehead atoms. The maximum Gasteiger partial charge on any atom is 0.251 e. The molecular weight excluding hydrogens is 242 g/mol. The van der Waals surface area contributed by atoms with Crippen LogP contribution in [-0.4, -0.2) is 28.8 Å². The second-order valence-electron chi connectivity index (χ2n) is 3.76. The van der Waals surface area contributed by atoms with Crippen LogP contribution in [0, 0.1) is 0 Å². The Balaban J connectivity index is 2.72. The van der Waals surface area contributed by atoms with Crippen molar-refractivity contribution in [2.24, 2.45) is 0 Å². The van der Waals surface area contributed by atoms with Crippen molar-refractivity contribution < 1.29 is 15.0 Å². The van der Waals surface area contributed by atoms with Gasteiger partial charge in [-0.05, 0) is 31.0 Å². The van der Waals surface area contributed by atoms with E-state index in [0.29, 0.717) is 12.0 Å². The average Bonchev–Trinajstić information content (AvgIpc) is 2.31. The Morgan fingerprint density at radius 1 is 1.53 bits per heavy atom. The van der Waals surface area contributed by atoms with Crippen LogP contribution in [0.4, 0.5) is 0 Å². The number of phenols is 1. The maximum atomic E-state index is 11.8. The molecule has 4 nitrogen and oxygen atoms in total. The van der Waals surface area contributed by atoms with Crippen molar-refractivity contribution in [3.63, 3.8) is 0 Å². The highest BCUT2D eigenvalue weighted by atomic mass is 35.5. The summed E-state index contributed by atoms with van der Waals surface area (Å²) in [6, 6.07) is 4.24. The zero-order valence-corrected chi connectivity index (χ0v) is 10.4. The van der Waals surface area contributed by atoms with Crippen molar-refractivity contribution in [1.82, 2.24) is 5.32 Å². The summed E-state index contributed by atoms with van der Waals surface area (Å²) in [6.45, 7) is 1.97. The SMILES string of the molecule is CCC(CCO)NC(=O)c1ccc(O)c(Cl)c1. The first-order valence-electron chi connectivity index (χ1n) is 5.48. The summed E-state index contributed by atoms with van der Waals surface area (Å²) in [6.07, 6.45) is 1.27. The van der Waals surface area contributed by atoms with Gasteiger partial charge < -0.3 is 15.5 Å². The van der Waals surface area contributed by atoms with Gasteiger partial charge in [0.2, 0.25) is 0 Å². The third-order valence-electron chi connectivity index (χ3n) is 2.52. The Morgan fingerprint density at radius 2 is 2.24 bits per heavy atom. The highest BCUT2D eigenvalue weighted by Crippen LogP contribution is 2.23. The minimum absolute atomic E-state index is 0.0368. The van der Waals surface area contributed by atoms with Crippen LogP contribution in [0.5, 0.6) is 5.75 Å². The van der Waals surface area contributed by atoms with Crippen LogP contribution in [0.1, 0.15) is 30.1 Å². The zero-order valence-electron chi connectivity index (χ0n) is 9.61. The molecule has 0 heterocycles. The Morgan fingerprint density at radius 3 is 2.76 bits per heavy atom. The molecule has 0 aliphatic carbocycles. The number of halogens is 1. The number of amides is 1. The molecule has 1 rings (SSSR count). The molecule has 0 aliphatic rings. The van der Waals surface area contributed by atoms with Gasteiger partial charge >= 0.3 is 0 Å².